The van der Waals surface area contributed by atoms with E-state index in [2.05, 4.69) is 40.3 Å². The lowest BCUT2D eigenvalue weighted by Gasteiger charge is -2.48. The number of rotatable bonds is 8. The zero-order valence-corrected chi connectivity index (χ0v) is 42.0. The lowest BCUT2D eigenvalue weighted by atomic mass is 9.74. The second-order valence-corrected chi connectivity index (χ2v) is 21.0. The molecule has 4 unspecified atom stereocenters. The molecule has 0 spiro atoms. The number of benzene rings is 2. The molecular formula is C50H58Cl2N10O8. The van der Waals surface area contributed by atoms with Crippen LogP contribution in [0.4, 0.5) is 44.0 Å². The zero-order valence-electron chi connectivity index (χ0n) is 40.5. The third-order valence-corrected chi connectivity index (χ3v) is 13.0. The number of fused-ring (bicyclic) bond motifs is 4. The van der Waals surface area contributed by atoms with Gasteiger partial charge in [0.1, 0.15) is 53.5 Å². The van der Waals surface area contributed by atoms with Crippen molar-refractivity contribution in [2.75, 3.05) is 36.8 Å². The van der Waals surface area contributed by atoms with Crippen LogP contribution in [0, 0.1) is 50.7 Å². The molecule has 8 rings (SSSR count). The van der Waals surface area contributed by atoms with Gasteiger partial charge in [-0.25, -0.2) is 39.2 Å². The number of nitrogens with zero attached hydrogens (tertiary/aromatic N) is 8. The maximum Gasteiger partial charge on any atom is 0.410 e. The number of aliphatic hydroxyl groups is 1. The summed E-state index contributed by atoms with van der Waals surface area (Å²) in [5.74, 6) is 1.72. The van der Waals surface area contributed by atoms with Gasteiger partial charge in [0, 0.05) is 62.7 Å². The van der Waals surface area contributed by atoms with Gasteiger partial charge in [-0.05, 0) is 92.5 Å². The van der Waals surface area contributed by atoms with Gasteiger partial charge in [-0.1, -0.05) is 35.3 Å². The van der Waals surface area contributed by atoms with Crippen LogP contribution in [-0.2, 0) is 14.3 Å². The fourth-order valence-electron chi connectivity index (χ4n) is 9.27. The van der Waals surface area contributed by atoms with Crippen LogP contribution in [0.25, 0.3) is 9.69 Å². The molecule has 18 nitrogen and oxygen atoms in total. The molecule has 2 aromatic heterocycles. The lowest BCUT2D eigenvalue weighted by Crippen LogP contribution is -2.58. The van der Waals surface area contributed by atoms with Crippen LogP contribution in [0.5, 0.6) is 11.8 Å². The Morgan fingerprint density at radius 1 is 0.671 bits per heavy atom. The molecule has 2 aliphatic heterocycles. The first kappa shape index (κ1) is 51.4. The number of aliphatic hydroxyl groups excluding tert-OH is 1. The van der Waals surface area contributed by atoms with Gasteiger partial charge in [0.25, 0.3) is 0 Å². The third kappa shape index (κ3) is 12.6. The number of Topliss-reactive ketones (excluding diaryl/α,β-unsaturated/α-hetero) is 1. The van der Waals surface area contributed by atoms with Crippen molar-refractivity contribution < 1.29 is 38.4 Å². The van der Waals surface area contributed by atoms with Gasteiger partial charge in [-0.2, -0.15) is 0 Å². The van der Waals surface area contributed by atoms with Crippen molar-refractivity contribution in [1.29, 1.82) is 0 Å². The number of carbonyl (C=O) groups is 3. The van der Waals surface area contributed by atoms with Gasteiger partial charge in [0.05, 0.1) is 51.8 Å². The van der Waals surface area contributed by atoms with Gasteiger partial charge < -0.3 is 44.5 Å². The van der Waals surface area contributed by atoms with Gasteiger partial charge in [0.2, 0.25) is 11.8 Å². The molecule has 3 N–H and O–H groups in total. The molecule has 4 heterocycles. The van der Waals surface area contributed by atoms with E-state index in [9.17, 15) is 19.5 Å². The zero-order chi connectivity index (χ0) is 50.7. The summed E-state index contributed by atoms with van der Waals surface area (Å²) in [6.45, 7) is 30.7. The Kier molecular flexibility index (Phi) is 15.6. The van der Waals surface area contributed by atoms with Gasteiger partial charge in [0.15, 0.2) is 11.4 Å². The molecule has 0 radical (unpaired) electrons. The fraction of sp³-hybridized carbons (Fsp3) is 0.500. The summed E-state index contributed by atoms with van der Waals surface area (Å²) in [7, 11) is 0. The van der Waals surface area contributed by atoms with Crippen LogP contribution in [0.15, 0.2) is 49.1 Å². The van der Waals surface area contributed by atoms with Crippen molar-refractivity contribution in [3.63, 3.8) is 0 Å². The number of amides is 2. The largest absolute Gasteiger partial charge is 0.473 e. The molecule has 4 fully saturated rings. The molecule has 20 heteroatoms. The molecule has 2 saturated carbocycles. The predicted octanol–water partition coefficient (Wildman–Crippen LogP) is 10.4. The predicted molar refractivity (Wildman–Crippen MR) is 263 cm³/mol. The maximum atomic E-state index is 12.7. The average Bonchev–Trinajstić information content (AvgIpc) is 3.27. The minimum absolute atomic E-state index is 0.0496. The van der Waals surface area contributed by atoms with Crippen molar-refractivity contribution in [2.24, 2.45) is 23.7 Å². The smallest absolute Gasteiger partial charge is 0.410 e. The number of nitrogens with one attached hydrogen (secondary N) is 2. The first-order valence-electron chi connectivity index (χ1n) is 23.1. The van der Waals surface area contributed by atoms with E-state index in [1.54, 1.807) is 46.2 Å². The molecule has 2 amide bonds. The number of ether oxygens (including phenoxy) is 4. The normalized spacial score (nSPS) is 22.8. The van der Waals surface area contributed by atoms with Crippen LogP contribution in [0.3, 0.4) is 0 Å². The molecule has 4 aromatic rings. The average molecular weight is 998 g/mol. The molecule has 4 bridgehead atoms. The van der Waals surface area contributed by atoms with Crippen molar-refractivity contribution in [3.8, 4) is 11.8 Å². The van der Waals surface area contributed by atoms with Crippen LogP contribution < -0.4 is 20.1 Å². The Bertz CT molecular complexity index is 2660. The van der Waals surface area contributed by atoms with Crippen LogP contribution >= 0.6 is 23.2 Å². The molecule has 4 atom stereocenters. The summed E-state index contributed by atoms with van der Waals surface area (Å²) in [4.78, 5) is 65.2. The standard InChI is InChI=1S/C25H30ClN5O4.C25H28ClN5O4/c2*1-14-22(30-20-7-6-17(27-5)10-19(20)26)28-13-29-23(14)34-21-15-8-18(32)9-16(21)12-31(11-15)24(33)35-25(2,3)4/h6-7,10,13,15-16,18,21,32H,8-9,11-12H2,1-4H3,(H,28,29,30);6-7,10,13,15-16,21H,8-9,11-12H2,1-4H3,(H,28,29,30). The summed E-state index contributed by atoms with van der Waals surface area (Å²) >= 11 is 12.6. The number of hydrogen-bond donors (Lipinski definition) is 3. The Hall–Kier alpha value is -6.47. The van der Waals surface area contributed by atoms with E-state index in [1.165, 1.54) is 12.7 Å². The fourth-order valence-corrected chi connectivity index (χ4v) is 9.71. The molecule has 4 aliphatic rings. The first-order chi connectivity index (χ1) is 33.1. The molecule has 370 valence electrons. The SMILES string of the molecule is [C-]#[N+]c1ccc(Nc2ncnc(OC3C4CC(=O)CC3CN(C(=O)OC(C)(C)C)C4)c2C)c(Cl)c1.[C-]#[N+]c1ccc(Nc2ncnc(OC3C4CC(O)CC3CN(C(=O)OC(C)(C)C)C4)c2C)c(Cl)c1. The quantitative estimate of drug-likeness (QED) is 0.141. The van der Waals surface area contributed by atoms with E-state index < -0.39 is 17.3 Å². The van der Waals surface area contributed by atoms with Gasteiger partial charge >= 0.3 is 12.2 Å². The van der Waals surface area contributed by atoms with E-state index in [-0.39, 0.29) is 53.8 Å². The van der Waals surface area contributed by atoms with E-state index in [1.807, 2.05) is 55.4 Å². The number of anilines is 4. The summed E-state index contributed by atoms with van der Waals surface area (Å²) in [6.07, 6.45) is 3.02. The van der Waals surface area contributed by atoms with Crippen LogP contribution in [0.2, 0.25) is 10.0 Å². The Morgan fingerprint density at radius 3 is 1.43 bits per heavy atom. The molecule has 2 aromatic carbocycles. The second kappa shape index (κ2) is 21.3. The highest BCUT2D eigenvalue weighted by Crippen LogP contribution is 2.41. The van der Waals surface area contributed by atoms with Gasteiger partial charge in [-0.3, -0.25) is 4.79 Å². The summed E-state index contributed by atoms with van der Waals surface area (Å²) in [5.41, 5.74) is 2.38. The number of halogens is 2. The Balaban J connectivity index is 0.000000206. The van der Waals surface area contributed by atoms with Crippen molar-refractivity contribution >= 4 is 75.6 Å². The minimum Gasteiger partial charge on any atom is -0.473 e. The summed E-state index contributed by atoms with van der Waals surface area (Å²) in [5, 5.41) is 17.6. The number of aromatic nitrogens is 4. The summed E-state index contributed by atoms with van der Waals surface area (Å²) in [6, 6.07) is 9.99. The number of ketones is 1. The monoisotopic (exact) mass is 996 g/mol. The van der Waals surface area contributed by atoms with Crippen LogP contribution in [-0.4, -0.2) is 109 Å². The Labute approximate surface area is 418 Å². The van der Waals surface area contributed by atoms with Crippen LogP contribution in [0.1, 0.15) is 78.4 Å². The van der Waals surface area contributed by atoms with Crippen molar-refractivity contribution in [2.45, 2.75) is 111 Å². The molecule has 2 aliphatic carbocycles. The highest BCUT2D eigenvalue weighted by Gasteiger charge is 2.48. The second-order valence-electron chi connectivity index (χ2n) is 20.2. The molecule has 70 heavy (non-hydrogen) atoms. The van der Waals surface area contributed by atoms with E-state index in [4.69, 9.17) is 55.3 Å². The number of hydrogen-bond acceptors (Lipinski definition) is 14. The van der Waals surface area contributed by atoms with Crippen molar-refractivity contribution in [1.82, 2.24) is 29.7 Å². The molecular weight excluding hydrogens is 940 g/mol. The number of piperidine rings is 2. The minimum atomic E-state index is -0.587. The highest BCUT2D eigenvalue weighted by atomic mass is 35.5. The first-order valence-corrected chi connectivity index (χ1v) is 23.8. The van der Waals surface area contributed by atoms with Gasteiger partial charge in [-0.15, -0.1) is 0 Å². The summed E-state index contributed by atoms with van der Waals surface area (Å²) < 4.78 is 23.9. The lowest BCUT2D eigenvalue weighted by molar-refractivity contribution is -0.131. The Morgan fingerprint density at radius 2 is 1.06 bits per heavy atom. The topological polar surface area (TPSA) is 199 Å². The van der Waals surface area contributed by atoms with E-state index in [0.717, 1.165) is 0 Å². The van der Waals surface area contributed by atoms with E-state index in [0.29, 0.717) is 119 Å². The number of likely N-dealkylation sites (tertiary alicyclic amines) is 2. The van der Waals surface area contributed by atoms with E-state index >= 15 is 0 Å². The maximum absolute atomic E-state index is 12.7. The third-order valence-electron chi connectivity index (χ3n) is 12.4. The molecule has 2 saturated heterocycles. The highest BCUT2D eigenvalue weighted by molar-refractivity contribution is 6.34. The number of carbonyl (C=O) groups excluding carboxylic acids is 3. The van der Waals surface area contributed by atoms with Crippen molar-refractivity contribution in [3.05, 3.63) is 93.1 Å².